The molecule has 0 saturated carbocycles. The van der Waals surface area contributed by atoms with Gasteiger partial charge in [-0.3, -0.25) is 0 Å². The lowest BCUT2D eigenvalue weighted by Gasteiger charge is -2.15. The number of rotatable bonds is 4. The Balaban J connectivity index is 2.88. The van der Waals surface area contributed by atoms with E-state index in [4.69, 9.17) is 11.6 Å². The van der Waals surface area contributed by atoms with Gasteiger partial charge in [0.25, 0.3) is 0 Å². The molecule has 0 fully saturated rings. The molecule has 1 N–H and O–H groups in total. The van der Waals surface area contributed by atoms with Crippen LogP contribution in [0.5, 0.6) is 0 Å². The van der Waals surface area contributed by atoms with E-state index in [1.165, 1.54) is 0 Å². The van der Waals surface area contributed by atoms with Gasteiger partial charge in [0.1, 0.15) is 0 Å². The van der Waals surface area contributed by atoms with Crippen LogP contribution in [0.2, 0.25) is 5.02 Å². The van der Waals surface area contributed by atoms with Gasteiger partial charge in [-0.15, -0.1) is 0 Å². The molecule has 84 valence electrons. The first kappa shape index (κ1) is 12.5. The van der Waals surface area contributed by atoms with E-state index in [9.17, 15) is 8.42 Å². The second kappa shape index (κ2) is 4.96. The van der Waals surface area contributed by atoms with Gasteiger partial charge in [0.2, 0.25) is 10.0 Å². The minimum Gasteiger partial charge on any atom is -0.213 e. The summed E-state index contributed by atoms with van der Waals surface area (Å²) in [6.45, 7) is 1.93. The van der Waals surface area contributed by atoms with Gasteiger partial charge in [-0.1, -0.05) is 30.7 Å². The third kappa shape index (κ3) is 4.20. The summed E-state index contributed by atoms with van der Waals surface area (Å²) in [5.41, 5.74) is 0.923. The van der Waals surface area contributed by atoms with Crippen LogP contribution in [0.1, 0.15) is 24.9 Å². The van der Waals surface area contributed by atoms with Crippen LogP contribution in [-0.4, -0.2) is 14.7 Å². The van der Waals surface area contributed by atoms with Crippen molar-refractivity contribution in [2.24, 2.45) is 0 Å². The predicted octanol–water partition coefficient (Wildman–Crippen LogP) is 2.34. The molecule has 0 aromatic heterocycles. The first-order valence-electron chi connectivity index (χ1n) is 4.65. The maximum absolute atomic E-state index is 11.1. The summed E-state index contributed by atoms with van der Waals surface area (Å²) in [6.07, 6.45) is 1.86. The molecule has 0 bridgehead atoms. The van der Waals surface area contributed by atoms with E-state index in [-0.39, 0.29) is 6.04 Å². The molecule has 1 atom stereocenters. The van der Waals surface area contributed by atoms with Crippen LogP contribution in [-0.2, 0) is 10.0 Å². The molecule has 1 aromatic carbocycles. The van der Waals surface area contributed by atoms with Crippen molar-refractivity contribution in [3.05, 3.63) is 34.9 Å². The monoisotopic (exact) mass is 247 g/mol. The molecule has 0 unspecified atom stereocenters. The van der Waals surface area contributed by atoms with Gasteiger partial charge in [0.05, 0.1) is 6.26 Å². The van der Waals surface area contributed by atoms with Crippen LogP contribution in [0, 0.1) is 0 Å². The Bertz CT molecular complexity index is 414. The van der Waals surface area contributed by atoms with Crippen molar-refractivity contribution < 1.29 is 8.42 Å². The first-order chi connectivity index (χ1) is 6.92. The smallest absolute Gasteiger partial charge is 0.209 e. The molecule has 1 aromatic rings. The fourth-order valence-electron chi connectivity index (χ4n) is 1.34. The Kier molecular flexibility index (Phi) is 4.13. The van der Waals surface area contributed by atoms with Crippen molar-refractivity contribution in [3.8, 4) is 0 Å². The minimum absolute atomic E-state index is 0.183. The summed E-state index contributed by atoms with van der Waals surface area (Å²) in [5.74, 6) is 0. The minimum atomic E-state index is -3.18. The average molecular weight is 248 g/mol. The van der Waals surface area contributed by atoms with Crippen molar-refractivity contribution in [3.63, 3.8) is 0 Å². The molecule has 3 nitrogen and oxygen atoms in total. The van der Waals surface area contributed by atoms with Crippen molar-refractivity contribution in [2.75, 3.05) is 6.26 Å². The highest BCUT2D eigenvalue weighted by atomic mass is 35.5. The maximum atomic E-state index is 11.1. The number of hydrogen-bond donors (Lipinski definition) is 1. The molecular weight excluding hydrogens is 234 g/mol. The third-order valence-corrected chi connectivity index (χ3v) is 3.00. The fourth-order valence-corrected chi connectivity index (χ4v) is 2.29. The topological polar surface area (TPSA) is 46.2 Å². The molecule has 0 aliphatic carbocycles. The Morgan fingerprint density at radius 1 is 1.33 bits per heavy atom. The summed E-state index contributed by atoms with van der Waals surface area (Å²) in [5, 5.41) is 0.646. The molecule has 0 radical (unpaired) electrons. The number of halogens is 1. The highest BCUT2D eigenvalue weighted by Gasteiger charge is 2.13. The van der Waals surface area contributed by atoms with E-state index >= 15 is 0 Å². The van der Waals surface area contributed by atoms with Gasteiger partial charge in [-0.25, -0.2) is 13.1 Å². The largest absolute Gasteiger partial charge is 0.213 e. The number of hydrogen-bond acceptors (Lipinski definition) is 2. The van der Waals surface area contributed by atoms with Gasteiger partial charge in [0, 0.05) is 11.1 Å². The van der Waals surface area contributed by atoms with Crippen molar-refractivity contribution in [2.45, 2.75) is 19.4 Å². The van der Waals surface area contributed by atoms with Gasteiger partial charge < -0.3 is 0 Å². The van der Waals surface area contributed by atoms with E-state index in [1.807, 2.05) is 19.1 Å². The molecular formula is C10H14ClNO2S. The molecule has 0 spiro atoms. The second-order valence-electron chi connectivity index (χ2n) is 3.40. The molecule has 1 rings (SSSR count). The lowest BCUT2D eigenvalue weighted by molar-refractivity contribution is 0.555. The van der Waals surface area contributed by atoms with Crippen LogP contribution in [0.3, 0.4) is 0 Å². The second-order valence-corrected chi connectivity index (χ2v) is 5.62. The first-order valence-corrected chi connectivity index (χ1v) is 6.92. The Morgan fingerprint density at radius 2 is 1.87 bits per heavy atom. The molecule has 0 amide bonds. The summed E-state index contributed by atoms with van der Waals surface area (Å²) in [4.78, 5) is 0. The fraction of sp³-hybridized carbons (Fsp3) is 0.400. The number of benzene rings is 1. The highest BCUT2D eigenvalue weighted by molar-refractivity contribution is 7.88. The average Bonchev–Trinajstić information content (AvgIpc) is 2.14. The molecule has 0 heterocycles. The zero-order valence-electron chi connectivity index (χ0n) is 8.70. The normalized spacial score (nSPS) is 13.8. The van der Waals surface area contributed by atoms with Gasteiger partial charge in [-0.2, -0.15) is 0 Å². The number of nitrogens with one attached hydrogen (secondary N) is 1. The zero-order valence-corrected chi connectivity index (χ0v) is 10.3. The quantitative estimate of drug-likeness (QED) is 0.888. The molecule has 15 heavy (non-hydrogen) atoms. The Labute approximate surface area is 95.5 Å². The summed E-state index contributed by atoms with van der Waals surface area (Å²) >= 11 is 5.75. The van der Waals surface area contributed by atoms with E-state index < -0.39 is 10.0 Å². The van der Waals surface area contributed by atoms with Crippen LogP contribution >= 0.6 is 11.6 Å². The van der Waals surface area contributed by atoms with E-state index in [2.05, 4.69) is 4.72 Å². The highest BCUT2D eigenvalue weighted by Crippen LogP contribution is 2.19. The zero-order chi connectivity index (χ0) is 11.5. The van der Waals surface area contributed by atoms with Crippen molar-refractivity contribution in [1.82, 2.24) is 4.72 Å². The molecule has 0 aliphatic heterocycles. The van der Waals surface area contributed by atoms with Gasteiger partial charge >= 0.3 is 0 Å². The van der Waals surface area contributed by atoms with Gasteiger partial charge in [0.15, 0.2) is 0 Å². The van der Waals surface area contributed by atoms with Crippen molar-refractivity contribution >= 4 is 21.6 Å². The van der Waals surface area contributed by atoms with E-state index in [0.29, 0.717) is 11.4 Å². The van der Waals surface area contributed by atoms with Crippen LogP contribution in [0.4, 0.5) is 0 Å². The van der Waals surface area contributed by atoms with E-state index in [0.717, 1.165) is 11.8 Å². The summed E-state index contributed by atoms with van der Waals surface area (Å²) in [7, 11) is -3.18. The molecule has 0 aliphatic rings. The van der Waals surface area contributed by atoms with Crippen LogP contribution in [0.25, 0.3) is 0 Å². The van der Waals surface area contributed by atoms with E-state index in [1.54, 1.807) is 12.1 Å². The molecule has 0 saturated heterocycles. The summed E-state index contributed by atoms with van der Waals surface area (Å²) < 4.78 is 24.8. The lowest BCUT2D eigenvalue weighted by atomic mass is 10.1. The third-order valence-electron chi connectivity index (χ3n) is 2.04. The predicted molar refractivity (Wildman–Crippen MR) is 62.5 cm³/mol. The lowest BCUT2D eigenvalue weighted by Crippen LogP contribution is -2.26. The van der Waals surface area contributed by atoms with Crippen molar-refractivity contribution in [1.29, 1.82) is 0 Å². The number of sulfonamides is 1. The molecule has 5 heteroatoms. The van der Waals surface area contributed by atoms with Crippen LogP contribution in [0.15, 0.2) is 24.3 Å². The van der Waals surface area contributed by atoms with Gasteiger partial charge in [-0.05, 0) is 24.1 Å². The summed E-state index contributed by atoms with van der Waals surface area (Å²) in [6, 6.07) is 6.98. The Hall–Kier alpha value is -0.580. The SMILES string of the molecule is CC[C@H](NS(C)(=O)=O)c1ccc(Cl)cc1. The Morgan fingerprint density at radius 3 is 2.27 bits per heavy atom. The standard InChI is InChI=1S/C10H14ClNO2S/c1-3-10(12-15(2,13)14)8-4-6-9(11)7-5-8/h4-7,10,12H,3H2,1-2H3/t10-/m0/s1. The maximum Gasteiger partial charge on any atom is 0.209 e. The van der Waals surface area contributed by atoms with Crippen LogP contribution < -0.4 is 4.72 Å².